The summed E-state index contributed by atoms with van der Waals surface area (Å²) in [7, 11) is 0. The number of hydrogen-bond acceptors (Lipinski definition) is 3. The van der Waals surface area contributed by atoms with E-state index in [1.807, 2.05) is 0 Å². The van der Waals surface area contributed by atoms with E-state index in [1.165, 1.54) is 24.3 Å². The van der Waals surface area contributed by atoms with Gasteiger partial charge in [-0.05, 0) is 35.9 Å². The van der Waals surface area contributed by atoms with Gasteiger partial charge in [0.2, 0.25) is 5.91 Å². The predicted molar refractivity (Wildman–Crippen MR) is 67.4 cm³/mol. The van der Waals surface area contributed by atoms with Gasteiger partial charge in [-0.3, -0.25) is 4.79 Å². The molecular weight excluding hydrogens is 279 g/mol. The van der Waals surface area contributed by atoms with Crippen molar-refractivity contribution in [3.8, 4) is 5.75 Å². The minimum atomic E-state index is -4.71. The Morgan fingerprint density at radius 1 is 1.32 bits per heavy atom. The third-order valence-corrected chi connectivity index (χ3v) is 3.36. The molecule has 0 bridgehead atoms. The van der Waals surface area contributed by atoms with Crippen molar-refractivity contribution in [2.45, 2.75) is 12.8 Å². The Bertz CT molecular complexity index is 461. The number of amides is 1. The summed E-state index contributed by atoms with van der Waals surface area (Å²) >= 11 is 4.15. The maximum Gasteiger partial charge on any atom is 0.573 e. The van der Waals surface area contributed by atoms with Gasteiger partial charge in [-0.25, -0.2) is 0 Å². The summed E-state index contributed by atoms with van der Waals surface area (Å²) in [5, 5.41) is 0. The molecule has 0 N–H and O–H groups in total. The SMILES string of the molecule is O=C1CC(CS)CN1c1ccc(OC(F)(F)F)cc1. The molecule has 1 aliphatic rings. The number of ether oxygens (including phenoxy) is 1. The van der Waals surface area contributed by atoms with Crippen LogP contribution in [0.2, 0.25) is 0 Å². The molecule has 1 aromatic carbocycles. The maximum atomic E-state index is 12.0. The second kappa shape index (κ2) is 5.32. The number of alkyl halides is 3. The monoisotopic (exact) mass is 291 g/mol. The highest BCUT2D eigenvalue weighted by Gasteiger charge is 2.32. The number of carbonyl (C=O) groups excluding carboxylic acids is 1. The van der Waals surface area contributed by atoms with E-state index < -0.39 is 6.36 Å². The second-order valence-corrected chi connectivity index (χ2v) is 4.66. The molecule has 0 aromatic heterocycles. The number of halogens is 3. The van der Waals surface area contributed by atoms with Crippen molar-refractivity contribution >= 4 is 24.2 Å². The van der Waals surface area contributed by atoms with Crippen molar-refractivity contribution in [1.82, 2.24) is 0 Å². The van der Waals surface area contributed by atoms with Gasteiger partial charge in [-0.15, -0.1) is 13.2 Å². The fourth-order valence-electron chi connectivity index (χ4n) is 1.98. The lowest BCUT2D eigenvalue weighted by Crippen LogP contribution is -2.24. The molecule has 1 heterocycles. The highest BCUT2D eigenvalue weighted by atomic mass is 32.1. The number of rotatable bonds is 3. The average molecular weight is 291 g/mol. The topological polar surface area (TPSA) is 29.5 Å². The Hall–Kier alpha value is -1.37. The first-order chi connectivity index (χ1) is 8.89. The van der Waals surface area contributed by atoms with Crippen LogP contribution in [0.1, 0.15) is 6.42 Å². The highest BCUT2D eigenvalue weighted by Crippen LogP contribution is 2.29. The zero-order valence-corrected chi connectivity index (χ0v) is 10.7. The van der Waals surface area contributed by atoms with E-state index in [4.69, 9.17) is 0 Å². The van der Waals surface area contributed by atoms with Gasteiger partial charge in [0.05, 0.1) is 0 Å². The van der Waals surface area contributed by atoms with Crippen LogP contribution < -0.4 is 9.64 Å². The van der Waals surface area contributed by atoms with Gasteiger partial charge < -0.3 is 9.64 Å². The zero-order valence-electron chi connectivity index (χ0n) is 9.85. The summed E-state index contributed by atoms with van der Waals surface area (Å²) in [6, 6.07) is 5.29. The Morgan fingerprint density at radius 3 is 2.42 bits per heavy atom. The lowest BCUT2D eigenvalue weighted by molar-refractivity contribution is -0.274. The van der Waals surface area contributed by atoms with E-state index in [2.05, 4.69) is 17.4 Å². The average Bonchev–Trinajstić information content (AvgIpc) is 2.70. The fourth-order valence-corrected chi connectivity index (χ4v) is 2.23. The van der Waals surface area contributed by atoms with E-state index in [1.54, 1.807) is 4.90 Å². The van der Waals surface area contributed by atoms with Crippen LogP contribution in [-0.4, -0.2) is 24.6 Å². The van der Waals surface area contributed by atoms with Crippen LogP contribution in [0.25, 0.3) is 0 Å². The first-order valence-corrected chi connectivity index (χ1v) is 6.29. The van der Waals surface area contributed by atoms with Crippen molar-refractivity contribution in [3.05, 3.63) is 24.3 Å². The molecular formula is C12H12F3NO2S. The zero-order chi connectivity index (χ0) is 14.0. The van der Waals surface area contributed by atoms with Gasteiger partial charge in [0.1, 0.15) is 5.75 Å². The van der Waals surface area contributed by atoms with Crippen LogP contribution in [0, 0.1) is 5.92 Å². The molecule has 19 heavy (non-hydrogen) atoms. The van der Waals surface area contributed by atoms with Gasteiger partial charge >= 0.3 is 6.36 Å². The molecule has 0 radical (unpaired) electrons. The summed E-state index contributed by atoms with van der Waals surface area (Å²) in [4.78, 5) is 13.3. The first-order valence-electron chi connectivity index (χ1n) is 5.66. The molecule has 1 aliphatic heterocycles. The predicted octanol–water partition coefficient (Wildman–Crippen LogP) is 2.87. The summed E-state index contributed by atoms with van der Waals surface area (Å²) in [5.74, 6) is 0.455. The number of anilines is 1. The van der Waals surface area contributed by atoms with Crippen LogP contribution >= 0.6 is 12.6 Å². The van der Waals surface area contributed by atoms with Gasteiger partial charge in [-0.2, -0.15) is 12.6 Å². The van der Waals surface area contributed by atoms with E-state index in [-0.39, 0.29) is 17.6 Å². The van der Waals surface area contributed by atoms with Crippen molar-refractivity contribution in [2.24, 2.45) is 5.92 Å². The molecule has 1 fully saturated rings. The van der Waals surface area contributed by atoms with Crippen molar-refractivity contribution in [1.29, 1.82) is 0 Å². The van der Waals surface area contributed by atoms with Crippen LogP contribution in [0.5, 0.6) is 5.75 Å². The van der Waals surface area contributed by atoms with Crippen LogP contribution in [0.3, 0.4) is 0 Å². The van der Waals surface area contributed by atoms with Crippen molar-refractivity contribution in [3.63, 3.8) is 0 Å². The molecule has 1 unspecified atom stereocenters. The summed E-state index contributed by atoms with van der Waals surface area (Å²) in [6.07, 6.45) is -4.29. The molecule has 0 aliphatic carbocycles. The third kappa shape index (κ3) is 3.56. The van der Waals surface area contributed by atoms with Crippen LogP contribution in [-0.2, 0) is 4.79 Å². The Kier molecular flexibility index (Phi) is 3.93. The third-order valence-electron chi connectivity index (χ3n) is 2.85. The van der Waals surface area contributed by atoms with Gasteiger partial charge in [0.15, 0.2) is 0 Å². The van der Waals surface area contributed by atoms with E-state index in [9.17, 15) is 18.0 Å². The van der Waals surface area contributed by atoms with Gasteiger partial charge in [-0.1, -0.05) is 0 Å². The molecule has 2 rings (SSSR count). The number of nitrogens with zero attached hydrogens (tertiary/aromatic N) is 1. The molecule has 1 amide bonds. The van der Waals surface area contributed by atoms with Crippen molar-refractivity contribution < 1.29 is 22.7 Å². The van der Waals surface area contributed by atoms with Gasteiger partial charge in [0, 0.05) is 18.7 Å². The lowest BCUT2D eigenvalue weighted by Gasteiger charge is -2.17. The molecule has 7 heteroatoms. The van der Waals surface area contributed by atoms with Crippen LogP contribution in [0.4, 0.5) is 18.9 Å². The first kappa shape index (κ1) is 14.0. The van der Waals surface area contributed by atoms with Crippen molar-refractivity contribution in [2.75, 3.05) is 17.2 Å². The number of carbonyl (C=O) groups is 1. The van der Waals surface area contributed by atoms with Gasteiger partial charge in [0.25, 0.3) is 0 Å². The standard InChI is InChI=1S/C12H12F3NO2S/c13-12(14,15)18-10-3-1-9(2-4-10)16-6-8(7-19)5-11(16)17/h1-4,8,19H,5-7H2. The summed E-state index contributed by atoms with van der Waals surface area (Å²) in [6.45, 7) is 0.543. The summed E-state index contributed by atoms with van der Waals surface area (Å²) < 4.78 is 39.8. The molecule has 0 saturated carbocycles. The molecule has 1 aromatic rings. The summed E-state index contributed by atoms with van der Waals surface area (Å²) in [5.41, 5.74) is 0.573. The maximum absolute atomic E-state index is 12.0. The number of hydrogen-bond donors (Lipinski definition) is 1. The highest BCUT2D eigenvalue weighted by molar-refractivity contribution is 7.80. The molecule has 3 nitrogen and oxygen atoms in total. The molecule has 0 spiro atoms. The number of thiol groups is 1. The Labute approximate surface area is 113 Å². The minimum Gasteiger partial charge on any atom is -0.406 e. The normalized spacial score (nSPS) is 19.9. The van der Waals surface area contributed by atoms with E-state index >= 15 is 0 Å². The number of benzene rings is 1. The Morgan fingerprint density at radius 2 is 1.95 bits per heavy atom. The minimum absolute atomic E-state index is 0.0384. The molecule has 104 valence electrons. The Balaban J connectivity index is 2.08. The van der Waals surface area contributed by atoms with E-state index in [0.29, 0.717) is 24.4 Å². The smallest absolute Gasteiger partial charge is 0.406 e. The second-order valence-electron chi connectivity index (χ2n) is 4.30. The van der Waals surface area contributed by atoms with Crippen LogP contribution in [0.15, 0.2) is 24.3 Å². The molecule has 1 atom stereocenters. The molecule has 1 saturated heterocycles. The quantitative estimate of drug-likeness (QED) is 0.868. The largest absolute Gasteiger partial charge is 0.573 e. The lowest BCUT2D eigenvalue weighted by atomic mass is 10.1. The fraction of sp³-hybridized carbons (Fsp3) is 0.417. The van der Waals surface area contributed by atoms with E-state index in [0.717, 1.165) is 0 Å².